The van der Waals surface area contributed by atoms with Gasteiger partial charge in [0.05, 0.1) is 5.75 Å². The molecule has 0 bridgehead atoms. The lowest BCUT2D eigenvalue weighted by molar-refractivity contribution is 0.0903. The van der Waals surface area contributed by atoms with E-state index in [2.05, 4.69) is 20.8 Å². The SMILES string of the molecule is CCCS(=O)(=O)CCC1(CN)CCC(C(C)(C)C)CC1. The van der Waals surface area contributed by atoms with Crippen LogP contribution < -0.4 is 5.73 Å². The molecule has 120 valence electrons. The molecule has 0 radical (unpaired) electrons. The summed E-state index contributed by atoms with van der Waals surface area (Å²) >= 11 is 0. The first-order chi connectivity index (χ1) is 9.14. The minimum absolute atomic E-state index is 0.0720. The fourth-order valence-corrected chi connectivity index (χ4v) is 5.01. The molecule has 4 heteroatoms. The number of hydrogen-bond donors (Lipinski definition) is 1. The Hall–Kier alpha value is -0.0900. The number of sulfone groups is 1. The standard InChI is InChI=1S/C16H33NO2S/c1-5-11-20(18,19)12-10-16(13-17)8-6-14(7-9-16)15(2,3)4/h14H,5-13,17H2,1-4H3. The van der Waals surface area contributed by atoms with E-state index < -0.39 is 9.84 Å². The first-order valence-electron chi connectivity index (χ1n) is 8.05. The van der Waals surface area contributed by atoms with Crippen molar-refractivity contribution in [3.05, 3.63) is 0 Å². The Morgan fingerprint density at radius 1 is 1.15 bits per heavy atom. The minimum atomic E-state index is -2.88. The van der Waals surface area contributed by atoms with Gasteiger partial charge in [-0.1, -0.05) is 27.7 Å². The van der Waals surface area contributed by atoms with Crippen LogP contribution in [0.15, 0.2) is 0 Å². The molecule has 1 fully saturated rings. The van der Waals surface area contributed by atoms with Gasteiger partial charge >= 0.3 is 0 Å². The molecule has 0 atom stereocenters. The van der Waals surface area contributed by atoms with Crippen molar-refractivity contribution in [3.8, 4) is 0 Å². The Kier molecular flexibility index (Phi) is 6.09. The highest BCUT2D eigenvalue weighted by atomic mass is 32.2. The van der Waals surface area contributed by atoms with E-state index in [-0.39, 0.29) is 5.41 Å². The van der Waals surface area contributed by atoms with Gasteiger partial charge in [0.1, 0.15) is 9.84 Å². The third-order valence-electron chi connectivity index (χ3n) is 5.16. The van der Waals surface area contributed by atoms with E-state index in [0.717, 1.165) is 25.2 Å². The Morgan fingerprint density at radius 2 is 1.70 bits per heavy atom. The second-order valence-corrected chi connectivity index (χ2v) is 10.0. The molecule has 1 aliphatic rings. The highest BCUT2D eigenvalue weighted by molar-refractivity contribution is 7.91. The van der Waals surface area contributed by atoms with E-state index in [1.807, 2.05) is 6.92 Å². The maximum atomic E-state index is 11.9. The zero-order valence-electron chi connectivity index (χ0n) is 13.7. The molecule has 1 rings (SSSR count). The lowest BCUT2D eigenvalue weighted by Crippen LogP contribution is -2.39. The third kappa shape index (κ3) is 5.03. The van der Waals surface area contributed by atoms with Gasteiger partial charge in [0.25, 0.3) is 0 Å². The van der Waals surface area contributed by atoms with Crippen molar-refractivity contribution in [1.82, 2.24) is 0 Å². The molecule has 0 aromatic carbocycles. The predicted octanol–water partition coefficient (Wildman–Crippen LogP) is 3.38. The van der Waals surface area contributed by atoms with Gasteiger partial charge in [-0.2, -0.15) is 0 Å². The Bertz CT molecular complexity index is 387. The van der Waals surface area contributed by atoms with Crippen LogP contribution in [0.25, 0.3) is 0 Å². The van der Waals surface area contributed by atoms with Crippen LogP contribution in [0.5, 0.6) is 0 Å². The fourth-order valence-electron chi connectivity index (χ4n) is 3.44. The summed E-state index contributed by atoms with van der Waals surface area (Å²) in [5.74, 6) is 1.38. The quantitative estimate of drug-likeness (QED) is 0.818. The van der Waals surface area contributed by atoms with Gasteiger partial charge in [-0.15, -0.1) is 0 Å². The molecule has 2 N–H and O–H groups in total. The molecule has 0 saturated heterocycles. The van der Waals surface area contributed by atoms with E-state index >= 15 is 0 Å². The topological polar surface area (TPSA) is 60.2 Å². The van der Waals surface area contributed by atoms with Gasteiger partial charge in [0.15, 0.2) is 0 Å². The molecule has 0 amide bonds. The van der Waals surface area contributed by atoms with E-state index in [1.165, 1.54) is 12.8 Å². The summed E-state index contributed by atoms with van der Waals surface area (Å²) in [6.45, 7) is 9.47. The molecule has 1 saturated carbocycles. The summed E-state index contributed by atoms with van der Waals surface area (Å²) in [6, 6.07) is 0. The van der Waals surface area contributed by atoms with Crippen molar-refractivity contribution in [2.75, 3.05) is 18.1 Å². The normalized spacial score (nSPS) is 28.6. The minimum Gasteiger partial charge on any atom is -0.330 e. The third-order valence-corrected chi connectivity index (χ3v) is 7.02. The number of rotatable bonds is 6. The van der Waals surface area contributed by atoms with Crippen LogP contribution in [0.3, 0.4) is 0 Å². The van der Waals surface area contributed by atoms with E-state index in [1.54, 1.807) is 0 Å². The van der Waals surface area contributed by atoms with Gasteiger partial charge in [-0.25, -0.2) is 8.42 Å². The van der Waals surface area contributed by atoms with Crippen molar-refractivity contribution < 1.29 is 8.42 Å². The van der Waals surface area contributed by atoms with Gasteiger partial charge in [-0.3, -0.25) is 0 Å². The average Bonchev–Trinajstić information content (AvgIpc) is 2.36. The molecule has 20 heavy (non-hydrogen) atoms. The first kappa shape index (κ1) is 18.0. The summed E-state index contributed by atoms with van der Waals surface area (Å²) in [5.41, 5.74) is 6.43. The molecule has 0 aromatic rings. The Balaban J connectivity index is 2.59. The fraction of sp³-hybridized carbons (Fsp3) is 1.00. The van der Waals surface area contributed by atoms with Crippen LogP contribution in [-0.2, 0) is 9.84 Å². The zero-order chi connectivity index (χ0) is 15.4. The van der Waals surface area contributed by atoms with Gasteiger partial charge < -0.3 is 5.73 Å². The molecule has 0 unspecified atom stereocenters. The highest BCUT2D eigenvalue weighted by Crippen LogP contribution is 2.46. The maximum Gasteiger partial charge on any atom is 0.150 e. The lowest BCUT2D eigenvalue weighted by atomic mass is 9.63. The summed E-state index contributed by atoms with van der Waals surface area (Å²) in [4.78, 5) is 0. The van der Waals surface area contributed by atoms with Crippen LogP contribution in [0, 0.1) is 16.7 Å². The molecular weight excluding hydrogens is 270 g/mol. The van der Waals surface area contributed by atoms with Crippen molar-refractivity contribution in [1.29, 1.82) is 0 Å². The van der Waals surface area contributed by atoms with Crippen molar-refractivity contribution in [3.63, 3.8) is 0 Å². The van der Waals surface area contributed by atoms with Gasteiger partial charge in [-0.05, 0) is 61.8 Å². The largest absolute Gasteiger partial charge is 0.330 e. The molecule has 0 aromatic heterocycles. The molecule has 3 nitrogen and oxygen atoms in total. The van der Waals surface area contributed by atoms with Crippen LogP contribution in [-0.4, -0.2) is 26.5 Å². The Labute approximate surface area is 125 Å². The molecule has 0 heterocycles. The number of nitrogens with two attached hydrogens (primary N) is 1. The lowest BCUT2D eigenvalue weighted by Gasteiger charge is -2.43. The summed E-state index contributed by atoms with van der Waals surface area (Å²) in [5, 5.41) is 0. The number of hydrogen-bond acceptors (Lipinski definition) is 3. The van der Waals surface area contributed by atoms with Crippen LogP contribution in [0.4, 0.5) is 0 Å². The Morgan fingerprint density at radius 3 is 2.10 bits per heavy atom. The summed E-state index contributed by atoms with van der Waals surface area (Å²) in [6.07, 6.45) is 6.02. The zero-order valence-corrected chi connectivity index (χ0v) is 14.6. The highest BCUT2D eigenvalue weighted by Gasteiger charge is 2.38. The molecule has 0 aliphatic heterocycles. The second-order valence-electron chi connectivity index (χ2n) is 7.75. The van der Waals surface area contributed by atoms with Gasteiger partial charge in [0.2, 0.25) is 0 Å². The average molecular weight is 304 g/mol. The predicted molar refractivity (Wildman–Crippen MR) is 86.5 cm³/mol. The maximum absolute atomic E-state index is 11.9. The molecule has 1 aliphatic carbocycles. The van der Waals surface area contributed by atoms with E-state index in [0.29, 0.717) is 29.9 Å². The van der Waals surface area contributed by atoms with Crippen molar-refractivity contribution >= 4 is 9.84 Å². The van der Waals surface area contributed by atoms with Gasteiger partial charge in [0, 0.05) is 5.75 Å². The summed E-state index contributed by atoms with van der Waals surface area (Å²) in [7, 11) is -2.88. The monoisotopic (exact) mass is 303 g/mol. The molecule has 0 spiro atoms. The van der Waals surface area contributed by atoms with Crippen molar-refractivity contribution in [2.24, 2.45) is 22.5 Å². The smallest absolute Gasteiger partial charge is 0.150 e. The first-order valence-corrected chi connectivity index (χ1v) is 9.87. The van der Waals surface area contributed by atoms with Crippen LogP contribution >= 0.6 is 0 Å². The van der Waals surface area contributed by atoms with Crippen molar-refractivity contribution in [2.45, 2.75) is 66.2 Å². The molecular formula is C16H33NO2S. The van der Waals surface area contributed by atoms with Crippen LogP contribution in [0.1, 0.15) is 66.2 Å². The second kappa shape index (κ2) is 6.78. The van der Waals surface area contributed by atoms with Crippen LogP contribution in [0.2, 0.25) is 0 Å². The van der Waals surface area contributed by atoms with E-state index in [4.69, 9.17) is 5.73 Å². The van der Waals surface area contributed by atoms with E-state index in [9.17, 15) is 8.42 Å². The summed E-state index contributed by atoms with van der Waals surface area (Å²) < 4.78 is 23.8.